The van der Waals surface area contributed by atoms with Gasteiger partial charge in [0.2, 0.25) is 6.10 Å². The number of carbonyl (C=O) groups excluding carboxylic acids is 2. The lowest BCUT2D eigenvalue weighted by Crippen LogP contribution is -2.23. The second-order valence-corrected chi connectivity index (χ2v) is 5.70. The van der Waals surface area contributed by atoms with Crippen LogP contribution in [-0.2, 0) is 25.5 Å². The van der Waals surface area contributed by atoms with Crippen LogP contribution in [0.4, 0.5) is 0 Å². The minimum atomic E-state index is -0.763. The summed E-state index contributed by atoms with van der Waals surface area (Å²) in [6, 6.07) is 17.8. The summed E-state index contributed by atoms with van der Waals surface area (Å²) in [5.74, 6) is -0.862. The van der Waals surface area contributed by atoms with Crippen molar-refractivity contribution >= 4 is 11.9 Å². The smallest absolute Gasteiger partial charge is 0.347 e. The highest BCUT2D eigenvalue weighted by Gasteiger charge is 2.34. The molecule has 0 aliphatic carbocycles. The van der Waals surface area contributed by atoms with Crippen molar-refractivity contribution in [2.45, 2.75) is 32.0 Å². The fraction of sp³-hybridized carbons (Fsp3) is 0.263. The molecule has 1 heterocycles. The molecule has 1 fully saturated rings. The zero-order chi connectivity index (χ0) is 16.2. The quantitative estimate of drug-likeness (QED) is 0.814. The summed E-state index contributed by atoms with van der Waals surface area (Å²) in [7, 11) is 0. The number of cyclic esters (lactones) is 1. The molecule has 0 N–H and O–H groups in total. The van der Waals surface area contributed by atoms with Crippen LogP contribution >= 0.6 is 0 Å². The minimum absolute atomic E-state index is 0.146. The molecule has 2 atom stereocenters. The lowest BCUT2D eigenvalue weighted by molar-refractivity contribution is -0.160. The van der Waals surface area contributed by atoms with Crippen LogP contribution in [0.25, 0.3) is 11.1 Å². The molecule has 0 spiro atoms. The Morgan fingerprint density at radius 1 is 1.09 bits per heavy atom. The first-order valence-electron chi connectivity index (χ1n) is 7.66. The van der Waals surface area contributed by atoms with E-state index in [1.54, 1.807) is 6.92 Å². The molecule has 0 amide bonds. The Hall–Kier alpha value is -2.62. The van der Waals surface area contributed by atoms with Gasteiger partial charge in [0, 0.05) is 6.42 Å². The number of benzene rings is 2. The molecule has 2 aromatic carbocycles. The third-order valence-corrected chi connectivity index (χ3v) is 3.81. The van der Waals surface area contributed by atoms with Crippen LogP contribution in [-0.4, -0.2) is 24.1 Å². The average molecular weight is 310 g/mol. The van der Waals surface area contributed by atoms with Gasteiger partial charge in [0.1, 0.15) is 6.10 Å². The molecule has 23 heavy (non-hydrogen) atoms. The zero-order valence-corrected chi connectivity index (χ0v) is 12.9. The molecule has 3 rings (SSSR count). The molecule has 2 aromatic rings. The molecule has 0 saturated carbocycles. The SMILES string of the molecule is C[C@@H]1C[C@H](OC(=O)Cc2ccc(-c3ccccc3)cc2)C(=O)O1. The maximum absolute atomic E-state index is 11.9. The van der Waals surface area contributed by atoms with E-state index in [0.717, 1.165) is 16.7 Å². The Balaban J connectivity index is 1.60. The first kappa shape index (κ1) is 15.3. The van der Waals surface area contributed by atoms with Crippen LogP contribution in [0.1, 0.15) is 18.9 Å². The maximum atomic E-state index is 11.9. The topological polar surface area (TPSA) is 52.6 Å². The Labute approximate surface area is 135 Å². The summed E-state index contributed by atoms with van der Waals surface area (Å²) in [6.45, 7) is 1.79. The van der Waals surface area contributed by atoms with E-state index in [9.17, 15) is 9.59 Å². The summed E-state index contributed by atoms with van der Waals surface area (Å²) in [5.41, 5.74) is 3.08. The summed E-state index contributed by atoms with van der Waals surface area (Å²) in [5, 5.41) is 0. The Morgan fingerprint density at radius 3 is 2.35 bits per heavy atom. The van der Waals surface area contributed by atoms with Gasteiger partial charge in [-0.3, -0.25) is 4.79 Å². The normalized spacial score (nSPS) is 20.1. The fourth-order valence-electron chi connectivity index (χ4n) is 2.63. The lowest BCUT2D eigenvalue weighted by atomic mass is 10.0. The Bertz CT molecular complexity index is 691. The maximum Gasteiger partial charge on any atom is 0.347 e. The third kappa shape index (κ3) is 3.77. The number of hydrogen-bond acceptors (Lipinski definition) is 4. The second-order valence-electron chi connectivity index (χ2n) is 5.70. The molecule has 118 valence electrons. The second kappa shape index (κ2) is 6.65. The molecular weight excluding hydrogens is 292 g/mol. The first-order valence-corrected chi connectivity index (χ1v) is 7.66. The van der Waals surface area contributed by atoms with Crippen molar-refractivity contribution in [2.75, 3.05) is 0 Å². The molecule has 4 heteroatoms. The largest absolute Gasteiger partial charge is 0.460 e. The van der Waals surface area contributed by atoms with Gasteiger partial charge in [0.15, 0.2) is 0 Å². The molecule has 1 aliphatic rings. The van der Waals surface area contributed by atoms with Crippen molar-refractivity contribution in [2.24, 2.45) is 0 Å². The molecule has 0 radical (unpaired) electrons. The predicted molar refractivity (Wildman–Crippen MR) is 85.6 cm³/mol. The first-order chi connectivity index (χ1) is 11.1. The van der Waals surface area contributed by atoms with Gasteiger partial charge in [-0.2, -0.15) is 0 Å². The fourth-order valence-corrected chi connectivity index (χ4v) is 2.63. The van der Waals surface area contributed by atoms with Crippen LogP contribution in [0, 0.1) is 0 Å². The number of carbonyl (C=O) groups is 2. The van der Waals surface area contributed by atoms with Crippen LogP contribution in [0.3, 0.4) is 0 Å². The number of ether oxygens (including phenoxy) is 2. The van der Waals surface area contributed by atoms with E-state index >= 15 is 0 Å². The van der Waals surface area contributed by atoms with E-state index in [-0.39, 0.29) is 12.5 Å². The van der Waals surface area contributed by atoms with Gasteiger partial charge in [-0.1, -0.05) is 54.6 Å². The molecule has 1 aliphatic heterocycles. The van der Waals surface area contributed by atoms with Gasteiger partial charge in [0.25, 0.3) is 0 Å². The summed E-state index contributed by atoms with van der Waals surface area (Å²) < 4.78 is 10.2. The van der Waals surface area contributed by atoms with Crippen molar-refractivity contribution < 1.29 is 19.1 Å². The molecule has 1 saturated heterocycles. The number of esters is 2. The molecular formula is C19H18O4. The van der Waals surface area contributed by atoms with Crippen molar-refractivity contribution in [1.29, 1.82) is 0 Å². The van der Waals surface area contributed by atoms with Crippen molar-refractivity contribution in [1.82, 2.24) is 0 Å². The van der Waals surface area contributed by atoms with E-state index in [2.05, 4.69) is 0 Å². The molecule has 0 bridgehead atoms. The van der Waals surface area contributed by atoms with Crippen molar-refractivity contribution in [3.8, 4) is 11.1 Å². The van der Waals surface area contributed by atoms with E-state index in [0.29, 0.717) is 6.42 Å². The molecule has 0 unspecified atom stereocenters. The number of rotatable bonds is 4. The van der Waals surface area contributed by atoms with Crippen LogP contribution in [0.15, 0.2) is 54.6 Å². The highest BCUT2D eigenvalue weighted by atomic mass is 16.6. The van der Waals surface area contributed by atoms with Crippen LogP contribution < -0.4 is 0 Å². The zero-order valence-electron chi connectivity index (χ0n) is 12.9. The summed E-state index contributed by atoms with van der Waals surface area (Å²) in [4.78, 5) is 23.4. The molecule has 0 aromatic heterocycles. The van der Waals surface area contributed by atoms with Gasteiger partial charge >= 0.3 is 11.9 Å². The highest BCUT2D eigenvalue weighted by molar-refractivity contribution is 5.81. The van der Waals surface area contributed by atoms with E-state index in [4.69, 9.17) is 9.47 Å². The van der Waals surface area contributed by atoms with Crippen LogP contribution in [0.5, 0.6) is 0 Å². The lowest BCUT2D eigenvalue weighted by Gasteiger charge is -2.09. The Morgan fingerprint density at radius 2 is 1.74 bits per heavy atom. The number of hydrogen-bond donors (Lipinski definition) is 0. The van der Waals surface area contributed by atoms with E-state index in [1.807, 2.05) is 54.6 Å². The van der Waals surface area contributed by atoms with Crippen molar-refractivity contribution in [3.63, 3.8) is 0 Å². The average Bonchev–Trinajstić information content (AvgIpc) is 2.86. The van der Waals surface area contributed by atoms with Gasteiger partial charge < -0.3 is 9.47 Å². The van der Waals surface area contributed by atoms with Gasteiger partial charge in [-0.05, 0) is 23.6 Å². The summed E-state index contributed by atoms with van der Waals surface area (Å²) >= 11 is 0. The standard InChI is InChI=1S/C19H18O4/c1-13-11-17(19(21)22-13)23-18(20)12-14-7-9-16(10-8-14)15-5-3-2-4-6-15/h2-10,13,17H,11-12H2,1H3/t13-,17+/m1/s1. The third-order valence-electron chi connectivity index (χ3n) is 3.81. The Kier molecular flexibility index (Phi) is 4.42. The van der Waals surface area contributed by atoms with Gasteiger partial charge in [-0.15, -0.1) is 0 Å². The van der Waals surface area contributed by atoms with Crippen LogP contribution in [0.2, 0.25) is 0 Å². The predicted octanol–water partition coefficient (Wildman–Crippen LogP) is 3.14. The minimum Gasteiger partial charge on any atom is -0.460 e. The highest BCUT2D eigenvalue weighted by Crippen LogP contribution is 2.21. The summed E-state index contributed by atoms with van der Waals surface area (Å²) in [6.07, 6.45) is -0.378. The van der Waals surface area contributed by atoms with Gasteiger partial charge in [0.05, 0.1) is 6.42 Å². The van der Waals surface area contributed by atoms with Gasteiger partial charge in [-0.25, -0.2) is 4.79 Å². The van der Waals surface area contributed by atoms with Crippen molar-refractivity contribution in [3.05, 3.63) is 60.2 Å². The molecule has 4 nitrogen and oxygen atoms in total. The van der Waals surface area contributed by atoms with E-state index < -0.39 is 18.0 Å². The monoisotopic (exact) mass is 310 g/mol. The van der Waals surface area contributed by atoms with E-state index in [1.165, 1.54) is 0 Å².